The topological polar surface area (TPSA) is 102 Å². The number of amides is 3. The number of rotatable bonds is 6. The van der Waals surface area contributed by atoms with E-state index < -0.39 is 30.3 Å². The van der Waals surface area contributed by atoms with Crippen LogP contribution in [-0.2, 0) is 19.1 Å². The number of hydrogen-bond acceptors (Lipinski definition) is 6. The number of benzene rings is 4. The second-order valence-electron chi connectivity index (χ2n) is 10.7. The minimum atomic E-state index is -0.695. The van der Waals surface area contributed by atoms with Crippen LogP contribution < -0.4 is 15.0 Å². The average molecular weight is 559 g/mol. The highest BCUT2D eigenvalue weighted by atomic mass is 16.5. The van der Waals surface area contributed by atoms with Crippen LogP contribution >= 0.6 is 0 Å². The first kappa shape index (κ1) is 25.7. The Labute approximate surface area is 241 Å². The van der Waals surface area contributed by atoms with Crippen LogP contribution in [0.4, 0.5) is 11.4 Å². The Morgan fingerprint density at radius 2 is 1.29 bits per heavy atom. The molecule has 0 saturated carbocycles. The van der Waals surface area contributed by atoms with Crippen LogP contribution in [0.1, 0.15) is 44.4 Å². The van der Waals surface area contributed by atoms with Gasteiger partial charge in [0.1, 0.15) is 5.75 Å². The standard InChI is InChI=1S/C34H26N2O6/c1-41-22-8-6-7-20(17-22)35-27(37)18-42-34(40)19-13-15-21(16-14-19)36-32(38)30-28-23-9-2-3-10-24(23)29(31(30)33(36)39)26-12-5-4-11-25(26)28/h2-17,28-31H,18H2,1H3,(H,35,37)/t28?,29?,30-,31+. The lowest BCUT2D eigenvalue weighted by molar-refractivity contribution is -0.122. The van der Waals surface area contributed by atoms with E-state index in [1.807, 2.05) is 24.3 Å². The van der Waals surface area contributed by atoms with Crippen LogP contribution in [0.3, 0.4) is 0 Å². The van der Waals surface area contributed by atoms with Gasteiger partial charge < -0.3 is 14.8 Å². The summed E-state index contributed by atoms with van der Waals surface area (Å²) >= 11 is 0. The maximum absolute atomic E-state index is 13.9. The van der Waals surface area contributed by atoms with Crippen molar-refractivity contribution in [3.05, 3.63) is 125 Å². The number of ether oxygens (including phenoxy) is 2. The summed E-state index contributed by atoms with van der Waals surface area (Å²) in [6.07, 6.45) is 0. The fourth-order valence-electron chi connectivity index (χ4n) is 6.79. The lowest BCUT2D eigenvalue weighted by Gasteiger charge is -2.45. The number of nitrogens with one attached hydrogen (secondary N) is 1. The fraction of sp³-hybridized carbons (Fsp3) is 0.176. The largest absolute Gasteiger partial charge is 0.497 e. The average Bonchev–Trinajstić information content (AvgIpc) is 3.30. The zero-order valence-electron chi connectivity index (χ0n) is 22.7. The van der Waals surface area contributed by atoms with Crippen LogP contribution in [0.5, 0.6) is 5.75 Å². The maximum atomic E-state index is 13.9. The summed E-state index contributed by atoms with van der Waals surface area (Å²) < 4.78 is 10.3. The molecule has 0 unspecified atom stereocenters. The Kier molecular flexibility index (Phi) is 6.12. The van der Waals surface area contributed by atoms with E-state index in [0.29, 0.717) is 17.1 Å². The predicted molar refractivity (Wildman–Crippen MR) is 154 cm³/mol. The zero-order chi connectivity index (χ0) is 29.0. The molecular weight excluding hydrogens is 532 g/mol. The molecule has 8 rings (SSSR count). The molecule has 42 heavy (non-hydrogen) atoms. The summed E-state index contributed by atoms with van der Waals surface area (Å²) in [4.78, 5) is 54.0. The van der Waals surface area contributed by atoms with Gasteiger partial charge in [-0.15, -0.1) is 0 Å². The summed E-state index contributed by atoms with van der Waals surface area (Å²) in [6.45, 7) is -0.478. The molecule has 8 nitrogen and oxygen atoms in total. The van der Waals surface area contributed by atoms with Crippen molar-refractivity contribution in [2.24, 2.45) is 11.8 Å². The summed E-state index contributed by atoms with van der Waals surface area (Å²) in [5.74, 6) is -2.42. The second-order valence-corrected chi connectivity index (χ2v) is 10.7. The Hall–Kier alpha value is -5.24. The Bertz CT molecular complexity index is 1650. The molecule has 1 fully saturated rings. The number of carbonyl (C=O) groups is 4. The monoisotopic (exact) mass is 558 g/mol. The molecule has 1 heterocycles. The van der Waals surface area contributed by atoms with Crippen molar-refractivity contribution in [3.8, 4) is 5.75 Å². The smallest absolute Gasteiger partial charge is 0.338 e. The van der Waals surface area contributed by atoms with E-state index in [2.05, 4.69) is 29.6 Å². The second kappa shape index (κ2) is 9.99. The first-order chi connectivity index (χ1) is 20.5. The predicted octanol–water partition coefficient (Wildman–Crippen LogP) is 4.89. The van der Waals surface area contributed by atoms with Gasteiger partial charge in [0.05, 0.1) is 30.2 Å². The van der Waals surface area contributed by atoms with E-state index in [-0.39, 0.29) is 29.2 Å². The van der Waals surface area contributed by atoms with E-state index in [1.54, 1.807) is 36.4 Å². The highest BCUT2D eigenvalue weighted by Crippen LogP contribution is 2.61. The molecule has 0 aromatic heterocycles. The quantitative estimate of drug-likeness (QED) is 0.267. The van der Waals surface area contributed by atoms with E-state index in [1.165, 1.54) is 24.1 Å². The van der Waals surface area contributed by atoms with Crippen molar-refractivity contribution in [1.29, 1.82) is 0 Å². The third-order valence-corrected chi connectivity index (χ3v) is 8.50. The molecule has 1 saturated heterocycles. The van der Waals surface area contributed by atoms with E-state index in [0.717, 1.165) is 22.3 Å². The van der Waals surface area contributed by atoms with Gasteiger partial charge in [0.25, 0.3) is 5.91 Å². The van der Waals surface area contributed by atoms with Gasteiger partial charge in [-0.25, -0.2) is 9.69 Å². The third kappa shape index (κ3) is 3.98. The number of methoxy groups -OCH3 is 1. The van der Waals surface area contributed by atoms with Crippen LogP contribution in [-0.4, -0.2) is 37.4 Å². The summed E-state index contributed by atoms with van der Waals surface area (Å²) in [5, 5.41) is 2.65. The lowest BCUT2D eigenvalue weighted by Crippen LogP contribution is -2.41. The molecule has 8 heteroatoms. The minimum absolute atomic E-state index is 0.189. The van der Waals surface area contributed by atoms with Crippen molar-refractivity contribution in [2.45, 2.75) is 11.8 Å². The van der Waals surface area contributed by atoms with Crippen molar-refractivity contribution in [1.82, 2.24) is 0 Å². The molecule has 3 aliphatic carbocycles. The van der Waals surface area contributed by atoms with Gasteiger partial charge >= 0.3 is 5.97 Å². The molecule has 0 radical (unpaired) electrons. The molecule has 4 aromatic carbocycles. The van der Waals surface area contributed by atoms with Crippen molar-refractivity contribution < 1.29 is 28.7 Å². The van der Waals surface area contributed by atoms with E-state index in [9.17, 15) is 19.2 Å². The van der Waals surface area contributed by atoms with Crippen LogP contribution in [0.2, 0.25) is 0 Å². The van der Waals surface area contributed by atoms with Gasteiger partial charge in [-0.05, 0) is 58.7 Å². The van der Waals surface area contributed by atoms with Gasteiger partial charge in [0, 0.05) is 23.6 Å². The van der Waals surface area contributed by atoms with Gasteiger partial charge in [0.15, 0.2) is 6.61 Å². The van der Waals surface area contributed by atoms with Crippen molar-refractivity contribution in [2.75, 3.05) is 23.9 Å². The molecule has 1 N–H and O–H groups in total. The first-order valence-electron chi connectivity index (χ1n) is 13.7. The highest BCUT2D eigenvalue weighted by Gasteiger charge is 2.61. The number of hydrogen-bond donors (Lipinski definition) is 1. The zero-order valence-corrected chi connectivity index (χ0v) is 22.7. The first-order valence-corrected chi connectivity index (χ1v) is 13.7. The van der Waals surface area contributed by atoms with Gasteiger partial charge in [0.2, 0.25) is 11.8 Å². The molecule has 208 valence electrons. The fourth-order valence-corrected chi connectivity index (χ4v) is 6.79. The number of esters is 1. The summed E-state index contributed by atoms with van der Waals surface area (Å²) in [7, 11) is 1.53. The van der Waals surface area contributed by atoms with Crippen molar-refractivity contribution in [3.63, 3.8) is 0 Å². The Morgan fingerprint density at radius 1 is 0.738 bits per heavy atom. The Balaban J connectivity index is 1.08. The highest BCUT2D eigenvalue weighted by molar-refractivity contribution is 6.23. The summed E-state index contributed by atoms with van der Waals surface area (Å²) in [6, 6.07) is 29.2. The molecule has 4 aromatic rings. The third-order valence-electron chi connectivity index (χ3n) is 8.50. The van der Waals surface area contributed by atoms with Crippen LogP contribution in [0.15, 0.2) is 97.1 Å². The molecule has 1 aliphatic heterocycles. The summed E-state index contributed by atoms with van der Waals surface area (Å²) in [5.41, 5.74) is 5.55. The SMILES string of the molecule is COc1cccc(NC(=O)COC(=O)c2ccc(N3C(=O)[C@@H]4C5c6ccccc6C(c6ccccc65)[C@@H]4C3=O)cc2)c1. The number of imide groups is 1. The van der Waals surface area contributed by atoms with Gasteiger partial charge in [-0.1, -0.05) is 54.6 Å². The molecule has 0 spiro atoms. The number of anilines is 2. The van der Waals surface area contributed by atoms with Crippen molar-refractivity contribution >= 4 is 35.1 Å². The normalized spacial score (nSPS) is 21.3. The number of carbonyl (C=O) groups excluding carboxylic acids is 4. The van der Waals surface area contributed by atoms with Crippen LogP contribution in [0.25, 0.3) is 0 Å². The number of nitrogens with zero attached hydrogens (tertiary/aromatic N) is 1. The Morgan fingerprint density at radius 3 is 1.81 bits per heavy atom. The molecule has 3 amide bonds. The molecular formula is C34H26N2O6. The van der Waals surface area contributed by atoms with Gasteiger partial charge in [-0.3, -0.25) is 14.4 Å². The van der Waals surface area contributed by atoms with E-state index >= 15 is 0 Å². The maximum Gasteiger partial charge on any atom is 0.338 e. The molecule has 2 bridgehead atoms. The van der Waals surface area contributed by atoms with Gasteiger partial charge in [-0.2, -0.15) is 0 Å². The molecule has 2 atom stereocenters. The lowest BCUT2D eigenvalue weighted by atomic mass is 9.55. The minimum Gasteiger partial charge on any atom is -0.497 e. The van der Waals surface area contributed by atoms with Crippen LogP contribution in [0, 0.1) is 11.8 Å². The van der Waals surface area contributed by atoms with E-state index in [4.69, 9.17) is 9.47 Å². The molecule has 4 aliphatic rings.